The molecule has 0 saturated carbocycles. The number of carbonyl (C=O) groups is 1. The molecule has 2 radical (unpaired) electrons. The zero-order chi connectivity index (χ0) is 4.99. The number of allylic oxidation sites excluding steroid dienone is 1. The second-order valence-corrected chi connectivity index (χ2v) is 0.838. The van der Waals surface area contributed by atoms with Crippen molar-refractivity contribution in [3.63, 3.8) is 0 Å². The van der Waals surface area contributed by atoms with Crippen LogP contribution in [0.1, 0.15) is 6.92 Å². The van der Waals surface area contributed by atoms with Crippen LogP contribution in [0.25, 0.3) is 0 Å². The first-order valence-corrected chi connectivity index (χ1v) is 1.63. The van der Waals surface area contributed by atoms with E-state index < -0.39 is 5.97 Å². The Morgan fingerprint density at radius 1 is 1.71 bits per heavy atom. The van der Waals surface area contributed by atoms with Crippen LogP contribution in [0, 0.1) is 0 Å². The topological polar surface area (TPSA) is 37.3 Å². The molecule has 36 valence electrons. The minimum atomic E-state index is -0.891. The second-order valence-electron chi connectivity index (χ2n) is 0.838. The van der Waals surface area contributed by atoms with E-state index in [2.05, 4.69) is 0 Å². The van der Waals surface area contributed by atoms with Crippen LogP contribution >= 0.6 is 0 Å². The van der Waals surface area contributed by atoms with Gasteiger partial charge in [0.1, 0.15) is 0 Å². The van der Waals surface area contributed by atoms with E-state index in [4.69, 9.17) is 5.11 Å². The third kappa shape index (κ3) is 10.8. The summed E-state index contributed by atoms with van der Waals surface area (Å²) < 4.78 is 0. The maximum Gasteiger partial charge on any atom is 0.327 e. The molecule has 1 N–H and O–H groups in total. The normalized spacial score (nSPS) is 8.14. The minimum Gasteiger partial charge on any atom is -0.478 e. The molecular weight excluding hydrogens is 168 g/mol. The number of hydrogen-bond acceptors (Lipinski definition) is 1. The molecule has 0 aliphatic rings. The molecule has 0 fully saturated rings. The zero-order valence-electron chi connectivity index (χ0n) is 4.22. The van der Waals surface area contributed by atoms with E-state index in [0.29, 0.717) is 0 Å². The second kappa shape index (κ2) is 6.69. The molecule has 0 aromatic carbocycles. The summed E-state index contributed by atoms with van der Waals surface area (Å²) in [4.78, 5) is 9.51. The molecule has 0 rings (SSSR count). The van der Waals surface area contributed by atoms with E-state index in [-0.39, 0.29) is 45.5 Å². The van der Waals surface area contributed by atoms with E-state index >= 15 is 0 Å². The maximum absolute atomic E-state index is 9.51. The third-order valence-electron chi connectivity index (χ3n) is 0.309. The smallest absolute Gasteiger partial charge is 0.327 e. The van der Waals surface area contributed by atoms with E-state index in [9.17, 15) is 4.79 Å². The van der Waals surface area contributed by atoms with Crippen LogP contribution in [-0.2, 0) is 4.79 Å². The number of hydrogen-bond donors (Lipinski definition) is 1. The molecule has 0 aromatic rings. The van der Waals surface area contributed by atoms with Gasteiger partial charge in [0.25, 0.3) is 0 Å². The van der Waals surface area contributed by atoms with Crippen molar-refractivity contribution in [2.75, 3.05) is 0 Å². The Kier molecular flexibility index (Phi) is 10.2. The van der Waals surface area contributed by atoms with Gasteiger partial charge in [-0.2, -0.15) is 0 Å². The number of rotatable bonds is 1. The van der Waals surface area contributed by atoms with Gasteiger partial charge in [0.2, 0.25) is 0 Å². The molecule has 0 heterocycles. The van der Waals surface area contributed by atoms with E-state index in [1.54, 1.807) is 6.92 Å². The van der Waals surface area contributed by atoms with E-state index in [0.717, 1.165) is 6.08 Å². The standard InChI is InChI=1S/C4H6O2.Sr/c1-2-3-4(5)6;/h2-3H,1H3,(H,5,6);. The van der Waals surface area contributed by atoms with Crippen molar-refractivity contribution in [3.05, 3.63) is 12.2 Å². The Morgan fingerprint density at radius 2 is 2.14 bits per heavy atom. The first kappa shape index (κ1) is 10.6. The predicted molar refractivity (Wildman–Crippen MR) is 28.2 cm³/mol. The van der Waals surface area contributed by atoms with Gasteiger partial charge in [0.05, 0.1) is 0 Å². The third-order valence-corrected chi connectivity index (χ3v) is 0.309. The van der Waals surface area contributed by atoms with Crippen LogP contribution < -0.4 is 0 Å². The summed E-state index contributed by atoms with van der Waals surface area (Å²) in [6.45, 7) is 1.66. The molecule has 0 spiro atoms. The minimum absolute atomic E-state index is 0. The van der Waals surface area contributed by atoms with Crippen molar-refractivity contribution in [1.82, 2.24) is 0 Å². The van der Waals surface area contributed by atoms with Gasteiger partial charge >= 0.3 is 5.97 Å². The summed E-state index contributed by atoms with van der Waals surface area (Å²) >= 11 is 0. The summed E-state index contributed by atoms with van der Waals surface area (Å²) in [7, 11) is 0. The van der Waals surface area contributed by atoms with Gasteiger partial charge in [-0.05, 0) is 6.92 Å². The summed E-state index contributed by atoms with van der Waals surface area (Å²) in [5, 5.41) is 7.83. The molecule has 0 bridgehead atoms. The van der Waals surface area contributed by atoms with Gasteiger partial charge in [-0.15, -0.1) is 0 Å². The van der Waals surface area contributed by atoms with Crippen LogP contribution in [0.15, 0.2) is 12.2 Å². The summed E-state index contributed by atoms with van der Waals surface area (Å²) in [5.74, 6) is -0.891. The summed E-state index contributed by atoms with van der Waals surface area (Å²) in [6.07, 6.45) is 2.56. The first-order chi connectivity index (χ1) is 2.77. The molecule has 0 aromatic heterocycles. The van der Waals surface area contributed by atoms with Gasteiger partial charge in [0.15, 0.2) is 0 Å². The van der Waals surface area contributed by atoms with Crippen LogP contribution in [0.3, 0.4) is 0 Å². The quantitative estimate of drug-likeness (QED) is 0.457. The number of carboxylic acid groups (broad SMARTS) is 1. The molecule has 7 heavy (non-hydrogen) atoms. The molecule has 3 heteroatoms. The first-order valence-electron chi connectivity index (χ1n) is 1.63. The van der Waals surface area contributed by atoms with Crippen molar-refractivity contribution in [3.8, 4) is 0 Å². The largest absolute Gasteiger partial charge is 0.478 e. The molecule has 0 unspecified atom stereocenters. The average Bonchev–Trinajstić information content (AvgIpc) is 1.35. The Labute approximate surface area is 79.5 Å². The molecule has 0 aliphatic carbocycles. The van der Waals surface area contributed by atoms with Crippen LogP contribution in [0.2, 0.25) is 0 Å². The Bertz CT molecular complexity index is 77.8. The van der Waals surface area contributed by atoms with Crippen molar-refractivity contribution in [2.45, 2.75) is 6.92 Å². The SMILES string of the molecule is CC=CC(=O)O.[Sr]. The van der Waals surface area contributed by atoms with E-state index in [1.807, 2.05) is 0 Å². The van der Waals surface area contributed by atoms with Gasteiger partial charge in [0, 0.05) is 51.6 Å². The summed E-state index contributed by atoms with van der Waals surface area (Å²) in [6, 6.07) is 0. The van der Waals surface area contributed by atoms with Gasteiger partial charge < -0.3 is 5.11 Å². The van der Waals surface area contributed by atoms with Crippen LogP contribution in [-0.4, -0.2) is 56.6 Å². The fourth-order valence-electron chi connectivity index (χ4n) is 0.143. The van der Waals surface area contributed by atoms with Gasteiger partial charge in [-0.1, -0.05) is 6.08 Å². The Hall–Kier alpha value is 0.691. The molecule has 2 nitrogen and oxygen atoms in total. The molecular formula is C4H6O2Sr. The molecule has 0 saturated heterocycles. The van der Waals surface area contributed by atoms with Crippen molar-refractivity contribution in [1.29, 1.82) is 0 Å². The molecule has 0 atom stereocenters. The summed E-state index contributed by atoms with van der Waals surface area (Å²) in [5.41, 5.74) is 0. The van der Waals surface area contributed by atoms with Crippen molar-refractivity contribution in [2.24, 2.45) is 0 Å². The molecule has 0 aliphatic heterocycles. The predicted octanol–water partition coefficient (Wildman–Crippen LogP) is 0.266. The number of carboxylic acids is 1. The number of aliphatic carboxylic acids is 1. The van der Waals surface area contributed by atoms with Crippen molar-refractivity contribution >= 4 is 51.5 Å². The van der Waals surface area contributed by atoms with Crippen LogP contribution in [0.4, 0.5) is 0 Å². The molecule has 0 amide bonds. The van der Waals surface area contributed by atoms with Crippen LogP contribution in [0.5, 0.6) is 0 Å². The van der Waals surface area contributed by atoms with E-state index in [1.165, 1.54) is 6.08 Å². The monoisotopic (exact) mass is 174 g/mol. The van der Waals surface area contributed by atoms with Gasteiger partial charge in [-0.25, -0.2) is 4.79 Å². The van der Waals surface area contributed by atoms with Gasteiger partial charge in [-0.3, -0.25) is 0 Å². The maximum atomic E-state index is 9.51. The average molecular weight is 174 g/mol. The zero-order valence-corrected chi connectivity index (χ0v) is 7.69. The Balaban J connectivity index is 0. The fraction of sp³-hybridized carbons (Fsp3) is 0.250. The Morgan fingerprint density at radius 3 is 2.14 bits per heavy atom. The van der Waals surface area contributed by atoms with Crippen molar-refractivity contribution < 1.29 is 9.90 Å². The fourth-order valence-corrected chi connectivity index (χ4v) is 0.143.